The van der Waals surface area contributed by atoms with Gasteiger partial charge in [-0.1, -0.05) is 11.6 Å². The summed E-state index contributed by atoms with van der Waals surface area (Å²) in [5.41, 5.74) is -0.349. The lowest BCUT2D eigenvalue weighted by Crippen LogP contribution is -2.08. The SMILES string of the molecule is O=C(OCCl)c1ncccc1F. The molecule has 0 unspecified atom stereocenters. The van der Waals surface area contributed by atoms with E-state index < -0.39 is 11.8 Å². The Balaban J connectivity index is 2.87. The van der Waals surface area contributed by atoms with Crippen LogP contribution in [-0.4, -0.2) is 17.0 Å². The van der Waals surface area contributed by atoms with Crippen LogP contribution in [0.25, 0.3) is 0 Å². The number of aromatic nitrogens is 1. The molecule has 64 valence electrons. The molecule has 5 heteroatoms. The minimum atomic E-state index is -0.858. The van der Waals surface area contributed by atoms with Crippen LogP contribution in [0.1, 0.15) is 10.5 Å². The smallest absolute Gasteiger partial charge is 0.361 e. The molecular weight excluding hydrogens is 185 g/mol. The second kappa shape index (κ2) is 4.01. The average molecular weight is 190 g/mol. The summed E-state index contributed by atoms with van der Waals surface area (Å²) < 4.78 is 17.1. The molecule has 12 heavy (non-hydrogen) atoms. The van der Waals surface area contributed by atoms with E-state index in [2.05, 4.69) is 9.72 Å². The Bertz CT molecular complexity index is 292. The third kappa shape index (κ3) is 1.92. The quantitative estimate of drug-likeness (QED) is 0.524. The predicted octanol–water partition coefficient (Wildman–Crippen LogP) is 1.57. The highest BCUT2D eigenvalue weighted by atomic mass is 35.5. The van der Waals surface area contributed by atoms with Crippen LogP contribution in [0.15, 0.2) is 18.3 Å². The van der Waals surface area contributed by atoms with Crippen molar-refractivity contribution in [3.8, 4) is 0 Å². The van der Waals surface area contributed by atoms with Gasteiger partial charge in [-0.2, -0.15) is 0 Å². The fourth-order valence-electron chi connectivity index (χ4n) is 0.654. The van der Waals surface area contributed by atoms with Gasteiger partial charge in [0.1, 0.15) is 0 Å². The second-order valence-electron chi connectivity index (χ2n) is 1.87. The van der Waals surface area contributed by atoms with E-state index in [4.69, 9.17) is 11.6 Å². The van der Waals surface area contributed by atoms with E-state index >= 15 is 0 Å². The van der Waals surface area contributed by atoms with Gasteiger partial charge in [-0.25, -0.2) is 14.2 Å². The Morgan fingerprint density at radius 2 is 2.50 bits per heavy atom. The summed E-state index contributed by atoms with van der Waals surface area (Å²) in [4.78, 5) is 14.3. The van der Waals surface area contributed by atoms with Gasteiger partial charge in [-0.15, -0.1) is 0 Å². The van der Waals surface area contributed by atoms with Gasteiger partial charge in [-0.05, 0) is 12.1 Å². The standard InChI is InChI=1S/C7H5ClFNO2/c8-4-12-7(11)6-5(9)2-1-3-10-6/h1-3H,4H2. The second-order valence-corrected chi connectivity index (χ2v) is 2.09. The van der Waals surface area contributed by atoms with Crippen LogP contribution in [-0.2, 0) is 4.74 Å². The van der Waals surface area contributed by atoms with Crippen molar-refractivity contribution in [1.29, 1.82) is 0 Å². The third-order valence-corrected chi connectivity index (χ3v) is 1.25. The molecule has 0 aromatic carbocycles. The van der Waals surface area contributed by atoms with Crippen LogP contribution < -0.4 is 0 Å². The molecule has 0 N–H and O–H groups in total. The van der Waals surface area contributed by atoms with E-state index in [9.17, 15) is 9.18 Å². The van der Waals surface area contributed by atoms with E-state index in [0.717, 1.165) is 6.07 Å². The molecule has 0 amide bonds. The molecule has 0 saturated carbocycles. The van der Waals surface area contributed by atoms with Crippen molar-refractivity contribution in [2.75, 3.05) is 6.07 Å². The maximum atomic E-state index is 12.8. The van der Waals surface area contributed by atoms with Crippen molar-refractivity contribution in [1.82, 2.24) is 4.98 Å². The molecule has 1 heterocycles. The number of pyridine rings is 1. The Labute approximate surface area is 73.1 Å². The number of carbonyl (C=O) groups excluding carboxylic acids is 1. The summed E-state index contributed by atoms with van der Waals surface area (Å²) in [5, 5.41) is 0. The zero-order valence-corrected chi connectivity index (χ0v) is 6.71. The summed E-state index contributed by atoms with van der Waals surface area (Å²) in [6.45, 7) is 0. The lowest BCUT2D eigenvalue weighted by Gasteiger charge is -1.99. The van der Waals surface area contributed by atoms with Gasteiger partial charge in [0.2, 0.25) is 0 Å². The topological polar surface area (TPSA) is 39.2 Å². The number of ether oxygens (including phenoxy) is 1. The highest BCUT2D eigenvalue weighted by Gasteiger charge is 2.12. The highest BCUT2D eigenvalue weighted by molar-refractivity contribution is 6.17. The molecule has 0 aliphatic heterocycles. The van der Waals surface area contributed by atoms with Gasteiger partial charge < -0.3 is 4.74 Å². The number of carbonyl (C=O) groups is 1. The van der Waals surface area contributed by atoms with Crippen molar-refractivity contribution < 1.29 is 13.9 Å². The molecule has 0 radical (unpaired) electrons. The molecule has 0 spiro atoms. The highest BCUT2D eigenvalue weighted by Crippen LogP contribution is 2.04. The Kier molecular flexibility index (Phi) is 2.99. The van der Waals surface area contributed by atoms with Crippen LogP contribution in [0.2, 0.25) is 0 Å². The fraction of sp³-hybridized carbons (Fsp3) is 0.143. The van der Waals surface area contributed by atoms with Crippen molar-refractivity contribution >= 4 is 17.6 Å². The third-order valence-electron chi connectivity index (χ3n) is 1.14. The largest absolute Gasteiger partial charge is 0.445 e. The number of esters is 1. The molecule has 0 fully saturated rings. The van der Waals surface area contributed by atoms with Gasteiger partial charge in [0.05, 0.1) is 0 Å². The molecule has 0 aliphatic rings. The lowest BCUT2D eigenvalue weighted by molar-refractivity contribution is 0.0561. The first kappa shape index (κ1) is 8.93. The van der Waals surface area contributed by atoms with E-state index in [-0.39, 0.29) is 11.8 Å². The number of hydrogen-bond acceptors (Lipinski definition) is 3. The van der Waals surface area contributed by atoms with Crippen LogP contribution in [0, 0.1) is 5.82 Å². The summed E-state index contributed by atoms with van der Waals surface area (Å²) in [5.74, 6) is -1.57. The van der Waals surface area contributed by atoms with Crippen molar-refractivity contribution in [3.63, 3.8) is 0 Å². The monoisotopic (exact) mass is 189 g/mol. The molecule has 0 saturated heterocycles. The van der Waals surface area contributed by atoms with E-state index in [0.29, 0.717) is 0 Å². The first-order chi connectivity index (χ1) is 5.75. The minimum absolute atomic E-state index is 0.311. The van der Waals surface area contributed by atoms with Crippen molar-refractivity contribution in [2.24, 2.45) is 0 Å². The van der Waals surface area contributed by atoms with Crippen LogP contribution in [0.4, 0.5) is 4.39 Å². The van der Waals surface area contributed by atoms with Gasteiger partial charge >= 0.3 is 5.97 Å². The molecule has 1 rings (SSSR count). The summed E-state index contributed by atoms with van der Waals surface area (Å²) >= 11 is 5.11. The maximum absolute atomic E-state index is 12.8. The summed E-state index contributed by atoms with van der Waals surface area (Å²) in [6.07, 6.45) is 1.30. The van der Waals surface area contributed by atoms with Gasteiger partial charge in [-0.3, -0.25) is 0 Å². The number of hydrogen-bond donors (Lipinski definition) is 0. The van der Waals surface area contributed by atoms with Crippen LogP contribution >= 0.6 is 11.6 Å². The minimum Gasteiger partial charge on any atom is -0.445 e. The zero-order valence-electron chi connectivity index (χ0n) is 5.96. The molecule has 3 nitrogen and oxygen atoms in total. The Hall–Kier alpha value is -1.16. The van der Waals surface area contributed by atoms with Gasteiger partial charge in [0.25, 0.3) is 0 Å². The van der Waals surface area contributed by atoms with Gasteiger partial charge in [0, 0.05) is 6.20 Å². The number of halogens is 2. The van der Waals surface area contributed by atoms with E-state index in [1.807, 2.05) is 0 Å². The van der Waals surface area contributed by atoms with Crippen molar-refractivity contribution in [3.05, 3.63) is 29.8 Å². The molecule has 0 atom stereocenters. The first-order valence-corrected chi connectivity index (χ1v) is 3.62. The van der Waals surface area contributed by atoms with E-state index in [1.165, 1.54) is 12.3 Å². The molecule has 0 aliphatic carbocycles. The van der Waals surface area contributed by atoms with Gasteiger partial charge in [0.15, 0.2) is 17.6 Å². The molecule has 1 aromatic heterocycles. The zero-order chi connectivity index (χ0) is 8.97. The normalized spacial score (nSPS) is 9.50. The number of alkyl halides is 1. The lowest BCUT2D eigenvalue weighted by atomic mass is 10.3. The summed E-state index contributed by atoms with van der Waals surface area (Å²) in [6, 6.07) is 2.19. The summed E-state index contributed by atoms with van der Waals surface area (Å²) in [7, 11) is 0. The predicted molar refractivity (Wildman–Crippen MR) is 40.3 cm³/mol. The Morgan fingerprint density at radius 3 is 3.08 bits per heavy atom. The van der Waals surface area contributed by atoms with Crippen molar-refractivity contribution in [2.45, 2.75) is 0 Å². The van der Waals surface area contributed by atoms with E-state index in [1.54, 1.807) is 0 Å². The number of nitrogens with zero attached hydrogens (tertiary/aromatic N) is 1. The Morgan fingerprint density at radius 1 is 1.75 bits per heavy atom. The first-order valence-electron chi connectivity index (χ1n) is 3.09. The molecule has 0 bridgehead atoms. The maximum Gasteiger partial charge on any atom is 0.361 e. The molecular formula is C7H5ClFNO2. The number of rotatable bonds is 2. The fourth-order valence-corrected chi connectivity index (χ4v) is 0.753. The average Bonchev–Trinajstić information content (AvgIpc) is 2.05. The molecule has 1 aromatic rings. The van der Waals surface area contributed by atoms with Crippen LogP contribution in [0.3, 0.4) is 0 Å². The van der Waals surface area contributed by atoms with Crippen LogP contribution in [0.5, 0.6) is 0 Å².